The van der Waals surface area contributed by atoms with Crippen LogP contribution in [0.5, 0.6) is 0 Å². The van der Waals surface area contributed by atoms with E-state index in [9.17, 15) is 18.0 Å². The molecule has 0 bridgehead atoms. The molecule has 0 atom stereocenters. The first kappa shape index (κ1) is 17.8. The van der Waals surface area contributed by atoms with Crippen LogP contribution in [-0.2, 0) is 0 Å². The summed E-state index contributed by atoms with van der Waals surface area (Å²) in [6, 6.07) is 7.59. The van der Waals surface area contributed by atoms with E-state index in [1.807, 2.05) is 4.90 Å². The van der Waals surface area contributed by atoms with E-state index < -0.39 is 12.1 Å². The van der Waals surface area contributed by atoms with E-state index >= 15 is 0 Å². The van der Waals surface area contributed by atoms with Crippen LogP contribution < -0.4 is 4.90 Å². The molecule has 1 aromatic heterocycles. The van der Waals surface area contributed by atoms with Gasteiger partial charge in [0.1, 0.15) is 23.0 Å². The van der Waals surface area contributed by atoms with Crippen LogP contribution in [0.4, 0.5) is 18.9 Å². The Hall–Kier alpha value is -2.64. The number of alkyl halides is 2. The molecule has 142 valence electrons. The number of amides is 1. The number of benzene rings is 1. The van der Waals surface area contributed by atoms with Gasteiger partial charge in [0.15, 0.2) is 0 Å². The number of anilines is 1. The van der Waals surface area contributed by atoms with Gasteiger partial charge in [0.2, 0.25) is 0 Å². The van der Waals surface area contributed by atoms with Crippen LogP contribution in [0.3, 0.4) is 0 Å². The smallest absolute Gasteiger partial charge is 0.280 e. The van der Waals surface area contributed by atoms with Gasteiger partial charge in [-0.15, -0.1) is 0 Å². The molecule has 1 aromatic carbocycles. The zero-order valence-electron chi connectivity index (χ0n) is 14.6. The Labute approximate surface area is 154 Å². The fraction of sp³-hybridized carbons (Fsp3) is 0.421. The molecule has 0 radical (unpaired) electrons. The Morgan fingerprint density at radius 3 is 2.41 bits per heavy atom. The highest BCUT2D eigenvalue weighted by molar-refractivity contribution is 5.92. The third-order valence-electron chi connectivity index (χ3n) is 4.91. The molecule has 1 saturated heterocycles. The molecule has 2 aromatic rings. The average molecular weight is 376 g/mol. The predicted molar refractivity (Wildman–Crippen MR) is 93.5 cm³/mol. The number of hydrogen-bond acceptors (Lipinski definition) is 4. The lowest BCUT2D eigenvalue weighted by molar-refractivity contribution is 0.0739. The zero-order chi connectivity index (χ0) is 19.0. The summed E-state index contributed by atoms with van der Waals surface area (Å²) in [4.78, 5) is 24.4. The second-order valence-electron chi connectivity index (χ2n) is 6.84. The van der Waals surface area contributed by atoms with Crippen LogP contribution in [0.15, 0.2) is 30.3 Å². The summed E-state index contributed by atoms with van der Waals surface area (Å²) in [5.74, 6) is -0.271. The highest BCUT2D eigenvalue weighted by Gasteiger charge is 2.31. The molecule has 0 unspecified atom stereocenters. The van der Waals surface area contributed by atoms with E-state index in [-0.39, 0.29) is 23.3 Å². The molecule has 2 fully saturated rings. The minimum absolute atomic E-state index is 0.0153. The molecule has 2 heterocycles. The standard InChI is InChI=1S/C19H19F3N4O/c20-13-3-1-2-4-16(13)25-7-9-26(10-8-25)19(27)15-11-14(17(21)22)23-18(24-15)12-5-6-12/h1-4,11-12,17H,5-10H2. The SMILES string of the molecule is O=C(c1cc(C(F)F)nc(C2CC2)n1)N1CCN(c2ccccc2F)CC1. The first-order chi connectivity index (χ1) is 13.0. The highest BCUT2D eigenvalue weighted by atomic mass is 19.3. The van der Waals surface area contributed by atoms with Crippen LogP contribution >= 0.6 is 0 Å². The van der Waals surface area contributed by atoms with Gasteiger partial charge in [0.25, 0.3) is 12.3 Å². The lowest BCUT2D eigenvalue weighted by Crippen LogP contribution is -2.49. The van der Waals surface area contributed by atoms with E-state index in [4.69, 9.17) is 0 Å². The first-order valence-electron chi connectivity index (χ1n) is 8.98. The van der Waals surface area contributed by atoms with Gasteiger partial charge >= 0.3 is 0 Å². The molecule has 1 aliphatic carbocycles. The highest BCUT2D eigenvalue weighted by Crippen LogP contribution is 2.38. The second-order valence-corrected chi connectivity index (χ2v) is 6.84. The largest absolute Gasteiger partial charge is 0.366 e. The van der Waals surface area contributed by atoms with E-state index in [1.54, 1.807) is 23.1 Å². The van der Waals surface area contributed by atoms with Gasteiger partial charge in [-0.1, -0.05) is 12.1 Å². The van der Waals surface area contributed by atoms with E-state index in [0.717, 1.165) is 18.9 Å². The van der Waals surface area contributed by atoms with Gasteiger partial charge < -0.3 is 9.80 Å². The van der Waals surface area contributed by atoms with Crippen molar-refractivity contribution >= 4 is 11.6 Å². The van der Waals surface area contributed by atoms with Gasteiger partial charge in [-0.3, -0.25) is 4.79 Å². The summed E-state index contributed by atoms with van der Waals surface area (Å²) in [6.45, 7) is 1.68. The first-order valence-corrected chi connectivity index (χ1v) is 8.98. The molecular weight excluding hydrogens is 357 g/mol. The maximum absolute atomic E-state index is 13.9. The molecule has 8 heteroatoms. The van der Waals surface area contributed by atoms with Crippen molar-refractivity contribution in [2.45, 2.75) is 25.2 Å². The van der Waals surface area contributed by atoms with Crippen molar-refractivity contribution in [1.29, 1.82) is 0 Å². The number of carbonyl (C=O) groups is 1. The molecule has 1 aliphatic heterocycles. The van der Waals surface area contributed by atoms with Crippen molar-refractivity contribution in [2.24, 2.45) is 0 Å². The van der Waals surface area contributed by atoms with Gasteiger partial charge in [-0.2, -0.15) is 0 Å². The molecule has 2 aliphatic rings. The molecule has 0 spiro atoms. The fourth-order valence-electron chi connectivity index (χ4n) is 3.25. The number of aromatic nitrogens is 2. The maximum atomic E-state index is 13.9. The minimum Gasteiger partial charge on any atom is -0.366 e. The van der Waals surface area contributed by atoms with Crippen molar-refractivity contribution in [3.63, 3.8) is 0 Å². The maximum Gasteiger partial charge on any atom is 0.280 e. The number of hydrogen-bond donors (Lipinski definition) is 0. The van der Waals surface area contributed by atoms with Crippen molar-refractivity contribution in [2.75, 3.05) is 31.1 Å². The molecule has 5 nitrogen and oxygen atoms in total. The van der Waals surface area contributed by atoms with Gasteiger partial charge in [-0.05, 0) is 31.0 Å². The lowest BCUT2D eigenvalue weighted by Gasteiger charge is -2.36. The van der Waals surface area contributed by atoms with Crippen molar-refractivity contribution in [1.82, 2.24) is 14.9 Å². The number of rotatable bonds is 4. The number of para-hydroxylation sites is 1. The summed E-state index contributed by atoms with van der Waals surface area (Å²) in [7, 11) is 0. The van der Waals surface area contributed by atoms with E-state index in [0.29, 0.717) is 37.7 Å². The summed E-state index contributed by atoms with van der Waals surface area (Å²) in [5.41, 5.74) is 0.115. The van der Waals surface area contributed by atoms with Crippen molar-refractivity contribution in [3.05, 3.63) is 53.4 Å². The zero-order valence-corrected chi connectivity index (χ0v) is 14.6. The topological polar surface area (TPSA) is 49.3 Å². The number of halogens is 3. The van der Waals surface area contributed by atoms with Crippen LogP contribution in [-0.4, -0.2) is 47.0 Å². The van der Waals surface area contributed by atoms with Crippen LogP contribution in [0, 0.1) is 5.82 Å². The molecule has 27 heavy (non-hydrogen) atoms. The summed E-state index contributed by atoms with van der Waals surface area (Å²) in [5, 5.41) is 0. The quantitative estimate of drug-likeness (QED) is 0.821. The Bertz CT molecular complexity index is 828. The lowest BCUT2D eigenvalue weighted by atomic mass is 10.2. The van der Waals surface area contributed by atoms with Crippen LogP contribution in [0.2, 0.25) is 0 Å². The summed E-state index contributed by atoms with van der Waals surface area (Å²) < 4.78 is 40.2. The Kier molecular flexibility index (Phi) is 4.72. The molecular formula is C19H19F3N4O. The van der Waals surface area contributed by atoms with Gasteiger partial charge in [0, 0.05) is 32.1 Å². The van der Waals surface area contributed by atoms with Gasteiger partial charge in [-0.25, -0.2) is 23.1 Å². The van der Waals surface area contributed by atoms with E-state index in [2.05, 4.69) is 9.97 Å². The number of piperazine rings is 1. The van der Waals surface area contributed by atoms with E-state index in [1.165, 1.54) is 6.07 Å². The summed E-state index contributed by atoms with van der Waals surface area (Å²) in [6.07, 6.45) is -1.02. The Balaban J connectivity index is 1.49. The Morgan fingerprint density at radius 1 is 1.07 bits per heavy atom. The third-order valence-corrected chi connectivity index (χ3v) is 4.91. The number of carbonyl (C=O) groups excluding carboxylic acids is 1. The molecule has 4 rings (SSSR count). The average Bonchev–Trinajstić information content (AvgIpc) is 3.53. The molecule has 0 N–H and O–H groups in total. The third kappa shape index (κ3) is 3.74. The predicted octanol–water partition coefficient (Wildman–Crippen LogP) is 3.39. The second kappa shape index (κ2) is 7.17. The minimum atomic E-state index is -2.74. The van der Waals surface area contributed by atoms with Crippen molar-refractivity contribution in [3.8, 4) is 0 Å². The van der Waals surface area contributed by atoms with Crippen LogP contribution in [0.1, 0.15) is 47.2 Å². The fourth-order valence-corrected chi connectivity index (χ4v) is 3.25. The summed E-state index contributed by atoms with van der Waals surface area (Å²) >= 11 is 0. The number of nitrogens with zero attached hydrogens (tertiary/aromatic N) is 4. The molecule has 1 amide bonds. The molecule has 1 saturated carbocycles. The van der Waals surface area contributed by atoms with Gasteiger partial charge in [0.05, 0.1) is 5.69 Å². The van der Waals surface area contributed by atoms with Crippen molar-refractivity contribution < 1.29 is 18.0 Å². The normalized spacial score (nSPS) is 17.5. The monoisotopic (exact) mass is 376 g/mol. The van der Waals surface area contributed by atoms with Crippen LogP contribution in [0.25, 0.3) is 0 Å². The Morgan fingerprint density at radius 2 is 1.78 bits per heavy atom.